The lowest BCUT2D eigenvalue weighted by molar-refractivity contribution is 0.00578. The maximum atomic E-state index is 6.77. The fourth-order valence-corrected chi connectivity index (χ4v) is 11.5. The Bertz CT molecular complexity index is 3470. The molecule has 4 nitrogen and oxygen atoms in total. The highest BCUT2D eigenvalue weighted by Crippen LogP contribution is 2.41. The van der Waals surface area contributed by atoms with E-state index >= 15 is 0 Å². The summed E-state index contributed by atoms with van der Waals surface area (Å²) in [6, 6.07) is 46.5. The van der Waals surface area contributed by atoms with E-state index in [0.29, 0.717) is 0 Å². The zero-order valence-electron chi connectivity index (χ0n) is 47.1. The molecule has 2 aromatic heterocycles. The van der Waals surface area contributed by atoms with Crippen molar-refractivity contribution in [3.8, 4) is 89.3 Å². The van der Waals surface area contributed by atoms with Gasteiger partial charge in [-0.2, -0.15) is 0 Å². The van der Waals surface area contributed by atoms with Crippen LogP contribution in [0.2, 0.25) is 0 Å². The van der Waals surface area contributed by atoms with Crippen molar-refractivity contribution in [3.05, 3.63) is 151 Å². The van der Waals surface area contributed by atoms with Crippen molar-refractivity contribution >= 4 is 146 Å². The average molecular weight is 961 g/mol. The van der Waals surface area contributed by atoms with Crippen LogP contribution in [0.3, 0.4) is 0 Å². The van der Waals surface area contributed by atoms with Gasteiger partial charge in [0.25, 0.3) is 0 Å². The Morgan fingerprint density at radius 3 is 0.960 bits per heavy atom. The summed E-state index contributed by atoms with van der Waals surface area (Å²) in [7, 11) is 21.8. The van der Waals surface area contributed by atoms with E-state index in [1.54, 1.807) is 0 Å². The molecule has 15 heteroatoms. The minimum absolute atomic E-state index is 0.498. The minimum atomic E-state index is -0.546. The Labute approximate surface area is 455 Å². The van der Waals surface area contributed by atoms with E-state index in [9.17, 15) is 0 Å². The van der Waals surface area contributed by atoms with E-state index < -0.39 is 18.3 Å². The third kappa shape index (κ3) is 9.29. The van der Waals surface area contributed by atoms with Crippen LogP contribution >= 0.6 is 0 Å². The van der Waals surface area contributed by atoms with Crippen molar-refractivity contribution in [3.63, 3.8) is 0 Å². The second kappa shape index (κ2) is 19.9. The molecule has 0 N–H and O–H groups in total. The number of nitrogens with zero attached hydrogens (tertiary/aromatic N) is 2. The second-order valence-corrected chi connectivity index (χ2v) is 22.4. The molecule has 0 radical (unpaired) electrons. The Hall–Kier alpha value is -6.53. The van der Waals surface area contributed by atoms with Crippen LogP contribution in [0.1, 0.15) is 38.8 Å². The molecule has 75 heavy (non-hydrogen) atoms. The molecule has 0 atom stereocenters. The van der Waals surface area contributed by atoms with Crippen LogP contribution < -0.4 is 60.1 Å². The van der Waals surface area contributed by atoms with Gasteiger partial charge in [-0.1, -0.05) is 131 Å². The third-order valence-corrected chi connectivity index (χ3v) is 17.7. The first kappa shape index (κ1) is 51.9. The minimum Gasteiger partial charge on any atom is -0.399 e. The normalized spacial score (nSPS) is 13.8. The van der Waals surface area contributed by atoms with Gasteiger partial charge in [0.2, 0.25) is 0 Å². The molecule has 3 heterocycles. The quantitative estimate of drug-likeness (QED) is 0.148. The van der Waals surface area contributed by atoms with Gasteiger partial charge in [0, 0.05) is 34.6 Å². The summed E-state index contributed by atoms with van der Waals surface area (Å²) in [6.07, 6.45) is 4.14. The number of rotatable bonds is 9. The van der Waals surface area contributed by atoms with Crippen LogP contribution in [0.25, 0.3) is 89.3 Å². The SMILES string of the molecule is Bc1c(B)c(B)c(-c2cnc(-c3ccc(-c4ccccc4-c4cc(B5OC(C)(C)C(C)(C)O5)cc(-c5ccccc5-c5ccc(-c6cc(C)c(-c7c(B)c(B)c(B)c(B)c7B)cn6)cc5)c4)cc3)cc2C)c(B)c1B. The smallest absolute Gasteiger partial charge is 0.399 e. The topological polar surface area (TPSA) is 44.2 Å². The molecule has 0 saturated carbocycles. The van der Waals surface area contributed by atoms with Gasteiger partial charge in [-0.05, 0) is 132 Å². The number of hydrogen-bond acceptors (Lipinski definition) is 4. The van der Waals surface area contributed by atoms with E-state index in [1.807, 2.05) is 0 Å². The third-order valence-electron chi connectivity index (χ3n) is 17.7. The maximum Gasteiger partial charge on any atom is 0.494 e. The number of pyridine rings is 2. The molecule has 10 rings (SSSR count). The summed E-state index contributed by atoms with van der Waals surface area (Å²) in [5.41, 5.74) is 34.1. The first-order valence-electron chi connectivity index (χ1n) is 26.6. The molecule has 1 fully saturated rings. The lowest BCUT2D eigenvalue weighted by Gasteiger charge is -2.32. The number of benzene rings is 7. The van der Waals surface area contributed by atoms with Gasteiger partial charge in [-0.25, -0.2) is 0 Å². The summed E-state index contributed by atoms with van der Waals surface area (Å²) in [4.78, 5) is 10.1. The molecule has 0 amide bonds. The highest BCUT2D eigenvalue weighted by molar-refractivity contribution is 6.70. The first-order chi connectivity index (χ1) is 35.6. The zero-order chi connectivity index (χ0) is 53.4. The molecule has 0 bridgehead atoms. The van der Waals surface area contributed by atoms with Crippen LogP contribution in [0.4, 0.5) is 0 Å². The van der Waals surface area contributed by atoms with E-state index in [0.717, 1.165) is 72.5 Å². The Kier molecular flexibility index (Phi) is 13.8. The number of aryl methyl sites for hydroxylation is 2. The molecule has 1 saturated heterocycles. The molecule has 9 aromatic rings. The summed E-state index contributed by atoms with van der Waals surface area (Å²) in [5.74, 6) is 0. The molecule has 1 aliphatic rings. The molecular weight excluding hydrogens is 900 g/mol. The van der Waals surface area contributed by atoms with Gasteiger partial charge in [-0.3, -0.25) is 9.97 Å². The highest BCUT2D eigenvalue weighted by atomic mass is 16.7. The van der Waals surface area contributed by atoms with Crippen molar-refractivity contribution < 1.29 is 9.31 Å². The van der Waals surface area contributed by atoms with Crippen molar-refractivity contribution in [2.75, 3.05) is 0 Å². The van der Waals surface area contributed by atoms with Gasteiger partial charge >= 0.3 is 7.12 Å². The van der Waals surface area contributed by atoms with Crippen LogP contribution in [-0.2, 0) is 9.31 Å². The Morgan fingerprint density at radius 2 is 0.640 bits per heavy atom. The molecule has 1 aliphatic heterocycles. The van der Waals surface area contributed by atoms with E-state index in [-0.39, 0.29) is 0 Å². The molecular formula is C60H61B11N2O2. The van der Waals surface area contributed by atoms with Gasteiger partial charge in [-0.15, -0.1) is 32.8 Å². The van der Waals surface area contributed by atoms with Gasteiger partial charge < -0.3 is 9.31 Å². The van der Waals surface area contributed by atoms with Crippen molar-refractivity contribution in [1.82, 2.24) is 9.97 Å². The molecule has 7 aromatic carbocycles. The Morgan fingerprint density at radius 1 is 0.347 bits per heavy atom. The van der Waals surface area contributed by atoms with Gasteiger partial charge in [0.1, 0.15) is 78.5 Å². The first-order valence-corrected chi connectivity index (χ1v) is 26.6. The summed E-state index contributed by atoms with van der Waals surface area (Å²) >= 11 is 0. The van der Waals surface area contributed by atoms with Crippen LogP contribution in [0, 0.1) is 13.8 Å². The highest BCUT2D eigenvalue weighted by Gasteiger charge is 2.52. The van der Waals surface area contributed by atoms with Crippen LogP contribution in [0.5, 0.6) is 0 Å². The standard InChI is InChI=1S/C60H61B11N2O2/c1-30-23-45(72-28-43(30)47-49(61)53(65)57(69)54(66)50(47)62)34-19-15-32(16-20-34)39-11-7-9-13-41(39)36-25-37(27-38(26-36)71-74-59(3,4)60(5,6)75-71)42-14-10-8-12-40(42)33-17-21-35(22-18-33)46-24-31(2)44(29-73-46)48-51(63)55(67)58(70)56(68)52(48)64/h7-29H,61-70H2,1-6H3. The number of hydrogen-bond donors (Lipinski definition) is 0. The van der Waals surface area contributed by atoms with Crippen molar-refractivity contribution in [1.29, 1.82) is 0 Å². The lowest BCUT2D eigenvalue weighted by Crippen LogP contribution is -2.55. The fourth-order valence-electron chi connectivity index (χ4n) is 11.5. The Balaban J connectivity index is 1.00. The largest absolute Gasteiger partial charge is 0.494 e. The maximum absolute atomic E-state index is 6.77. The monoisotopic (exact) mass is 963 g/mol. The van der Waals surface area contributed by atoms with Gasteiger partial charge in [0.15, 0.2) is 0 Å². The van der Waals surface area contributed by atoms with Gasteiger partial charge in [0.05, 0.1) is 22.6 Å². The van der Waals surface area contributed by atoms with Crippen LogP contribution in [-0.4, -0.2) is 107 Å². The van der Waals surface area contributed by atoms with E-state index in [2.05, 4.69) is 260 Å². The van der Waals surface area contributed by atoms with Crippen LogP contribution in [0.15, 0.2) is 140 Å². The van der Waals surface area contributed by atoms with Crippen molar-refractivity contribution in [2.24, 2.45) is 0 Å². The molecule has 0 unspecified atom stereocenters. The summed E-state index contributed by atoms with van der Waals surface area (Å²) in [5, 5.41) is 0. The number of aromatic nitrogens is 2. The van der Waals surface area contributed by atoms with E-state index in [4.69, 9.17) is 19.3 Å². The van der Waals surface area contributed by atoms with Crippen molar-refractivity contribution in [2.45, 2.75) is 52.7 Å². The fraction of sp³-hybridized carbons (Fsp3) is 0.133. The predicted molar refractivity (Wildman–Crippen MR) is 352 cm³/mol. The average Bonchev–Trinajstić information content (AvgIpc) is 3.64. The molecule has 0 spiro atoms. The summed E-state index contributed by atoms with van der Waals surface area (Å²) in [6.45, 7) is 12.9. The summed E-state index contributed by atoms with van der Waals surface area (Å²) < 4.78 is 13.5. The second-order valence-electron chi connectivity index (χ2n) is 22.4. The lowest BCUT2D eigenvalue weighted by atomic mass is 9.59. The molecule has 356 valence electrons. The molecule has 0 aliphatic carbocycles. The zero-order valence-corrected chi connectivity index (χ0v) is 47.1. The predicted octanol–water partition coefficient (Wildman–Crippen LogP) is -2.69. The van der Waals surface area contributed by atoms with E-state index in [1.165, 1.54) is 88.0 Å².